The quantitative estimate of drug-likeness (QED) is 0.517. The second-order valence-electron chi connectivity index (χ2n) is 8.49. The van der Waals surface area contributed by atoms with Crippen LogP contribution >= 0.6 is 15.9 Å². The molecule has 30 heavy (non-hydrogen) atoms. The average Bonchev–Trinajstić information content (AvgIpc) is 2.76. The third kappa shape index (κ3) is 4.04. The molecule has 4 rings (SSSR count). The molecular weight excluding hydrogens is 450 g/mol. The summed E-state index contributed by atoms with van der Waals surface area (Å²) in [6.45, 7) is 2.06. The van der Waals surface area contributed by atoms with E-state index in [0.29, 0.717) is 0 Å². The number of hydrogen-bond acceptors (Lipinski definition) is 3. The number of ether oxygens (including phenoxy) is 1. The van der Waals surface area contributed by atoms with Crippen LogP contribution in [-0.2, 0) is 0 Å². The van der Waals surface area contributed by atoms with E-state index >= 15 is 0 Å². The molecule has 2 unspecified atom stereocenters. The molecule has 2 aliphatic rings. The van der Waals surface area contributed by atoms with Crippen molar-refractivity contribution < 1.29 is 13.5 Å². The van der Waals surface area contributed by atoms with Crippen molar-refractivity contribution >= 4 is 26.7 Å². The third-order valence-corrected chi connectivity index (χ3v) is 7.52. The van der Waals surface area contributed by atoms with Crippen molar-refractivity contribution in [2.45, 2.75) is 57.6 Å². The first-order valence-electron chi connectivity index (χ1n) is 10.6. The number of aromatic nitrogens is 1. The van der Waals surface area contributed by atoms with Crippen LogP contribution in [0.1, 0.15) is 45.4 Å². The Morgan fingerprint density at radius 1 is 1.27 bits per heavy atom. The van der Waals surface area contributed by atoms with E-state index in [0.717, 1.165) is 53.1 Å². The first-order valence-corrected chi connectivity index (χ1v) is 11.4. The Bertz CT molecular complexity index is 982. The van der Waals surface area contributed by atoms with Gasteiger partial charge in [0, 0.05) is 30.2 Å². The minimum absolute atomic E-state index is 0.0537. The van der Waals surface area contributed by atoms with Crippen LogP contribution < -0.4 is 10.5 Å². The van der Waals surface area contributed by atoms with Crippen molar-refractivity contribution in [1.82, 2.24) is 4.98 Å². The molecule has 1 fully saturated rings. The molecule has 0 bridgehead atoms. The summed E-state index contributed by atoms with van der Waals surface area (Å²) < 4.78 is 34.8. The summed E-state index contributed by atoms with van der Waals surface area (Å²) in [5, 5.41) is 2.14. The van der Waals surface area contributed by atoms with Crippen LogP contribution in [0.5, 0.6) is 5.75 Å². The zero-order valence-electron chi connectivity index (χ0n) is 17.1. The molecule has 0 amide bonds. The van der Waals surface area contributed by atoms with Crippen LogP contribution in [-0.4, -0.2) is 17.1 Å². The second-order valence-corrected chi connectivity index (χ2v) is 9.35. The predicted molar refractivity (Wildman–Crippen MR) is 120 cm³/mol. The lowest BCUT2D eigenvalue weighted by Crippen LogP contribution is -2.50. The summed E-state index contributed by atoms with van der Waals surface area (Å²) >= 11 is 3.61. The van der Waals surface area contributed by atoms with Crippen LogP contribution in [0.15, 0.2) is 58.9 Å². The molecule has 6 heteroatoms. The Balaban J connectivity index is 1.50. The summed E-state index contributed by atoms with van der Waals surface area (Å²) in [6.07, 6.45) is 11.0. The Labute approximate surface area is 184 Å². The smallest absolute Gasteiger partial charge is 0.154 e. The van der Waals surface area contributed by atoms with E-state index in [1.165, 1.54) is 6.08 Å². The molecule has 1 heterocycles. The highest BCUT2D eigenvalue weighted by molar-refractivity contribution is 9.10. The molecule has 1 aromatic carbocycles. The molecule has 0 radical (unpaired) electrons. The fourth-order valence-electron chi connectivity index (χ4n) is 5.07. The zero-order chi connectivity index (χ0) is 21.3. The van der Waals surface area contributed by atoms with Gasteiger partial charge in [-0.05, 0) is 89.0 Å². The fraction of sp³-hybridized carbons (Fsp3) is 0.458. The maximum atomic E-state index is 14.0. The molecule has 0 aliphatic heterocycles. The SMILES string of the molecule is CCC(N)[C@]1(C2C=CC(F)=C(F)C2)CC[C@H](Oc2cc3ccncc3cc2Br)CC1. The van der Waals surface area contributed by atoms with Crippen molar-refractivity contribution in [2.24, 2.45) is 17.1 Å². The highest BCUT2D eigenvalue weighted by Crippen LogP contribution is 2.50. The van der Waals surface area contributed by atoms with Gasteiger partial charge in [0.05, 0.1) is 10.6 Å². The van der Waals surface area contributed by atoms with Crippen molar-refractivity contribution in [2.75, 3.05) is 0 Å². The van der Waals surface area contributed by atoms with Gasteiger partial charge < -0.3 is 10.5 Å². The van der Waals surface area contributed by atoms with Gasteiger partial charge in [-0.1, -0.05) is 13.0 Å². The summed E-state index contributed by atoms with van der Waals surface area (Å²) in [5.74, 6) is -0.662. The molecule has 2 atom stereocenters. The number of rotatable bonds is 5. The first-order chi connectivity index (χ1) is 14.4. The van der Waals surface area contributed by atoms with Gasteiger partial charge in [-0.15, -0.1) is 0 Å². The number of pyridine rings is 1. The van der Waals surface area contributed by atoms with Crippen molar-refractivity contribution in [3.8, 4) is 5.75 Å². The Morgan fingerprint density at radius 2 is 2.03 bits per heavy atom. The van der Waals surface area contributed by atoms with E-state index in [9.17, 15) is 8.78 Å². The van der Waals surface area contributed by atoms with E-state index in [1.54, 1.807) is 6.20 Å². The number of allylic oxidation sites excluding steroid dienone is 4. The van der Waals surface area contributed by atoms with E-state index in [-0.39, 0.29) is 29.9 Å². The number of nitrogens with zero attached hydrogens (tertiary/aromatic N) is 1. The van der Waals surface area contributed by atoms with Gasteiger partial charge in [0.1, 0.15) is 11.6 Å². The zero-order valence-corrected chi connectivity index (χ0v) is 18.7. The van der Waals surface area contributed by atoms with Crippen LogP contribution in [0, 0.1) is 11.3 Å². The van der Waals surface area contributed by atoms with Gasteiger partial charge in [-0.3, -0.25) is 4.98 Å². The standard InChI is InChI=1S/C24H27BrF2N2O/c1-2-23(28)24(17-3-4-20(26)21(27)13-17)8-5-18(6-9-24)30-22-12-15-7-10-29-14-16(15)11-19(22)25/h3-4,7,10-12,14,17-18,23H,2,5-6,8-9,13,28H2,1H3/t17?,18-,23?,24+. The minimum Gasteiger partial charge on any atom is -0.489 e. The molecular formula is C24H27BrF2N2O. The molecule has 0 saturated heterocycles. The maximum absolute atomic E-state index is 14.0. The number of fused-ring (bicyclic) bond motifs is 1. The highest BCUT2D eigenvalue weighted by atomic mass is 79.9. The minimum atomic E-state index is -0.750. The van der Waals surface area contributed by atoms with Gasteiger partial charge in [0.25, 0.3) is 0 Å². The van der Waals surface area contributed by atoms with Crippen LogP contribution in [0.3, 0.4) is 0 Å². The van der Waals surface area contributed by atoms with Gasteiger partial charge in [-0.25, -0.2) is 8.78 Å². The number of nitrogens with two attached hydrogens (primary N) is 1. The summed E-state index contributed by atoms with van der Waals surface area (Å²) in [4.78, 5) is 4.16. The summed E-state index contributed by atoms with van der Waals surface area (Å²) in [7, 11) is 0. The van der Waals surface area contributed by atoms with E-state index in [2.05, 4.69) is 27.8 Å². The van der Waals surface area contributed by atoms with Crippen LogP contribution in [0.4, 0.5) is 8.78 Å². The Morgan fingerprint density at radius 3 is 2.73 bits per heavy atom. The van der Waals surface area contributed by atoms with Crippen molar-refractivity contribution in [3.63, 3.8) is 0 Å². The molecule has 2 aromatic rings. The highest BCUT2D eigenvalue weighted by Gasteiger charge is 2.46. The summed E-state index contributed by atoms with van der Waals surface area (Å²) in [5.41, 5.74) is 6.33. The molecule has 2 aliphatic carbocycles. The van der Waals surface area contributed by atoms with E-state index in [4.69, 9.17) is 10.5 Å². The van der Waals surface area contributed by atoms with E-state index < -0.39 is 11.7 Å². The lowest BCUT2D eigenvalue weighted by molar-refractivity contribution is 0.0264. The second kappa shape index (κ2) is 8.75. The van der Waals surface area contributed by atoms with Gasteiger partial charge in [0.15, 0.2) is 5.83 Å². The van der Waals surface area contributed by atoms with Crippen molar-refractivity contribution in [3.05, 3.63) is 58.9 Å². The lowest BCUT2D eigenvalue weighted by atomic mass is 9.59. The Hall–Kier alpha value is -1.79. The predicted octanol–water partition coefficient (Wildman–Crippen LogP) is 6.77. The Kier molecular flexibility index (Phi) is 6.26. The average molecular weight is 477 g/mol. The number of halogens is 3. The molecule has 1 aromatic heterocycles. The number of benzene rings is 1. The van der Waals surface area contributed by atoms with Crippen LogP contribution in [0.25, 0.3) is 10.8 Å². The largest absolute Gasteiger partial charge is 0.489 e. The molecule has 3 nitrogen and oxygen atoms in total. The van der Waals surface area contributed by atoms with Crippen molar-refractivity contribution in [1.29, 1.82) is 0 Å². The van der Waals surface area contributed by atoms with Gasteiger partial charge in [-0.2, -0.15) is 0 Å². The monoisotopic (exact) mass is 476 g/mol. The molecule has 0 spiro atoms. The normalized spacial score (nSPS) is 28.0. The van der Waals surface area contributed by atoms with E-state index in [1.807, 2.05) is 30.5 Å². The molecule has 2 N–H and O–H groups in total. The third-order valence-electron chi connectivity index (χ3n) is 6.90. The fourth-order valence-corrected chi connectivity index (χ4v) is 5.53. The topological polar surface area (TPSA) is 48.1 Å². The van der Waals surface area contributed by atoms with Crippen LogP contribution in [0.2, 0.25) is 0 Å². The summed E-state index contributed by atoms with van der Waals surface area (Å²) in [6, 6.07) is 5.97. The maximum Gasteiger partial charge on any atom is 0.154 e. The van der Waals surface area contributed by atoms with Gasteiger partial charge >= 0.3 is 0 Å². The molecule has 1 saturated carbocycles. The number of hydrogen-bond donors (Lipinski definition) is 1. The van der Waals surface area contributed by atoms with Gasteiger partial charge in [0.2, 0.25) is 0 Å². The lowest BCUT2D eigenvalue weighted by Gasteiger charge is -2.48. The molecule has 160 valence electrons. The first kappa shape index (κ1) is 21.4.